The van der Waals surface area contributed by atoms with Crippen LogP contribution < -0.4 is 10.1 Å². The van der Waals surface area contributed by atoms with Crippen molar-refractivity contribution >= 4 is 0 Å². The number of hydrogen-bond acceptors (Lipinski definition) is 3. The van der Waals surface area contributed by atoms with Crippen LogP contribution in [-0.2, 0) is 0 Å². The zero-order valence-electron chi connectivity index (χ0n) is 13.8. The molecule has 1 atom stereocenters. The minimum atomic E-state index is 0.404. The number of nitrogens with zero attached hydrogens (tertiary/aromatic N) is 1. The van der Waals surface area contributed by atoms with E-state index in [9.17, 15) is 0 Å². The standard InChI is InChI=1S/C18H30N2O/c1-4-13-21-17-11-9-15(10-12-17)18(19-5-2)14-20(3)16-7-6-8-16/h9-12,16,18-19H,4-8,13-14H2,1-3H3. The molecule has 0 aromatic heterocycles. The van der Waals surface area contributed by atoms with Crippen molar-refractivity contribution in [1.29, 1.82) is 0 Å². The van der Waals surface area contributed by atoms with Crippen LogP contribution in [-0.4, -0.2) is 37.7 Å². The molecule has 0 bridgehead atoms. The third kappa shape index (κ3) is 4.72. The Bertz CT molecular complexity index is 400. The first-order valence-corrected chi connectivity index (χ1v) is 8.41. The summed E-state index contributed by atoms with van der Waals surface area (Å²) < 4.78 is 5.66. The van der Waals surface area contributed by atoms with E-state index in [2.05, 4.69) is 55.4 Å². The minimum absolute atomic E-state index is 0.404. The summed E-state index contributed by atoms with van der Waals surface area (Å²) >= 11 is 0. The van der Waals surface area contributed by atoms with Gasteiger partial charge in [-0.05, 0) is 50.6 Å². The summed E-state index contributed by atoms with van der Waals surface area (Å²) in [6.45, 7) is 7.17. The van der Waals surface area contributed by atoms with Gasteiger partial charge in [-0.2, -0.15) is 0 Å². The number of nitrogens with one attached hydrogen (secondary N) is 1. The highest BCUT2D eigenvalue weighted by Gasteiger charge is 2.24. The van der Waals surface area contributed by atoms with Gasteiger partial charge in [0, 0.05) is 18.6 Å². The first kappa shape index (κ1) is 16.3. The summed E-state index contributed by atoms with van der Waals surface area (Å²) in [5.74, 6) is 0.975. The maximum Gasteiger partial charge on any atom is 0.119 e. The summed E-state index contributed by atoms with van der Waals surface area (Å²) in [6, 6.07) is 9.79. The van der Waals surface area contributed by atoms with Crippen molar-refractivity contribution in [3.05, 3.63) is 29.8 Å². The third-order valence-electron chi connectivity index (χ3n) is 4.37. The molecule has 1 N–H and O–H groups in total. The minimum Gasteiger partial charge on any atom is -0.494 e. The molecule has 1 aliphatic carbocycles. The number of benzene rings is 1. The summed E-state index contributed by atoms with van der Waals surface area (Å²) in [5.41, 5.74) is 1.35. The van der Waals surface area contributed by atoms with Crippen molar-refractivity contribution in [3.8, 4) is 5.75 Å². The van der Waals surface area contributed by atoms with Crippen LogP contribution >= 0.6 is 0 Å². The number of rotatable bonds is 9. The summed E-state index contributed by atoms with van der Waals surface area (Å²) in [4.78, 5) is 2.51. The highest BCUT2D eigenvalue weighted by Crippen LogP contribution is 2.26. The molecule has 1 fully saturated rings. The lowest BCUT2D eigenvalue weighted by atomic mass is 9.91. The third-order valence-corrected chi connectivity index (χ3v) is 4.37. The molecule has 2 rings (SSSR count). The lowest BCUT2D eigenvalue weighted by Crippen LogP contribution is -2.42. The molecule has 21 heavy (non-hydrogen) atoms. The van der Waals surface area contributed by atoms with Crippen molar-refractivity contribution in [2.75, 3.05) is 26.7 Å². The van der Waals surface area contributed by atoms with Crippen LogP contribution in [0, 0.1) is 0 Å². The van der Waals surface area contributed by atoms with Gasteiger partial charge in [-0.15, -0.1) is 0 Å². The second-order valence-electron chi connectivity index (χ2n) is 6.05. The van der Waals surface area contributed by atoms with Crippen LogP contribution in [0.2, 0.25) is 0 Å². The Kier molecular flexibility index (Phi) is 6.52. The van der Waals surface area contributed by atoms with Crippen LogP contribution in [0.25, 0.3) is 0 Å². The van der Waals surface area contributed by atoms with Crippen molar-refractivity contribution in [1.82, 2.24) is 10.2 Å². The van der Waals surface area contributed by atoms with Crippen LogP contribution in [0.1, 0.15) is 51.1 Å². The molecule has 1 unspecified atom stereocenters. The topological polar surface area (TPSA) is 24.5 Å². The van der Waals surface area contributed by atoms with E-state index < -0.39 is 0 Å². The van der Waals surface area contributed by atoms with Crippen molar-refractivity contribution < 1.29 is 4.74 Å². The highest BCUT2D eigenvalue weighted by molar-refractivity contribution is 5.29. The maximum atomic E-state index is 5.66. The molecule has 3 nitrogen and oxygen atoms in total. The van der Waals surface area contributed by atoms with Gasteiger partial charge in [0.15, 0.2) is 0 Å². The molecule has 0 radical (unpaired) electrons. The Morgan fingerprint density at radius 3 is 2.48 bits per heavy atom. The molecular formula is C18H30N2O. The van der Waals surface area contributed by atoms with E-state index in [1.165, 1.54) is 24.8 Å². The first-order valence-electron chi connectivity index (χ1n) is 8.41. The highest BCUT2D eigenvalue weighted by atomic mass is 16.5. The van der Waals surface area contributed by atoms with Gasteiger partial charge in [-0.25, -0.2) is 0 Å². The Morgan fingerprint density at radius 2 is 1.95 bits per heavy atom. The van der Waals surface area contributed by atoms with Gasteiger partial charge < -0.3 is 15.0 Å². The average molecular weight is 290 g/mol. The van der Waals surface area contributed by atoms with Crippen molar-refractivity contribution in [3.63, 3.8) is 0 Å². The number of ether oxygens (including phenoxy) is 1. The fourth-order valence-corrected chi connectivity index (χ4v) is 2.82. The predicted molar refractivity (Wildman–Crippen MR) is 88.9 cm³/mol. The molecule has 1 aromatic rings. The summed E-state index contributed by atoms with van der Waals surface area (Å²) in [7, 11) is 2.26. The molecule has 0 aliphatic heterocycles. The Hall–Kier alpha value is -1.06. The lowest BCUT2D eigenvalue weighted by molar-refractivity contribution is 0.145. The smallest absolute Gasteiger partial charge is 0.119 e. The van der Waals surface area contributed by atoms with Crippen LogP contribution in [0.15, 0.2) is 24.3 Å². The fourth-order valence-electron chi connectivity index (χ4n) is 2.82. The van der Waals surface area contributed by atoms with Crippen molar-refractivity contribution in [2.45, 2.75) is 51.6 Å². The molecular weight excluding hydrogens is 260 g/mol. The number of hydrogen-bond donors (Lipinski definition) is 1. The van der Waals surface area contributed by atoms with E-state index in [0.717, 1.165) is 37.9 Å². The van der Waals surface area contributed by atoms with Crippen LogP contribution in [0.4, 0.5) is 0 Å². The van der Waals surface area contributed by atoms with E-state index >= 15 is 0 Å². The Labute approximate surface area is 129 Å². The van der Waals surface area contributed by atoms with Gasteiger partial charge in [0.05, 0.1) is 6.61 Å². The average Bonchev–Trinajstić information content (AvgIpc) is 2.43. The monoisotopic (exact) mass is 290 g/mol. The largest absolute Gasteiger partial charge is 0.494 e. The summed E-state index contributed by atoms with van der Waals surface area (Å²) in [6.07, 6.45) is 5.16. The molecule has 0 spiro atoms. The van der Waals surface area contributed by atoms with Gasteiger partial charge in [0.2, 0.25) is 0 Å². The Balaban J connectivity index is 1.95. The van der Waals surface area contributed by atoms with Gasteiger partial charge in [-0.1, -0.05) is 32.4 Å². The van der Waals surface area contributed by atoms with Gasteiger partial charge in [0.1, 0.15) is 5.75 Å². The van der Waals surface area contributed by atoms with E-state index in [-0.39, 0.29) is 0 Å². The van der Waals surface area contributed by atoms with Gasteiger partial charge >= 0.3 is 0 Å². The van der Waals surface area contributed by atoms with Gasteiger partial charge in [0.25, 0.3) is 0 Å². The molecule has 1 aromatic carbocycles. The van der Waals surface area contributed by atoms with Gasteiger partial charge in [-0.3, -0.25) is 0 Å². The lowest BCUT2D eigenvalue weighted by Gasteiger charge is -2.37. The summed E-state index contributed by atoms with van der Waals surface area (Å²) in [5, 5.41) is 3.61. The van der Waals surface area contributed by atoms with E-state index in [0.29, 0.717) is 6.04 Å². The molecule has 0 saturated heterocycles. The zero-order chi connectivity index (χ0) is 15.1. The predicted octanol–water partition coefficient (Wildman–Crippen LogP) is 3.61. The van der Waals surface area contributed by atoms with E-state index in [4.69, 9.17) is 4.74 Å². The molecule has 0 heterocycles. The normalized spacial score (nSPS) is 16.8. The first-order chi connectivity index (χ1) is 10.2. The SMILES string of the molecule is CCCOc1ccc(C(CN(C)C2CCC2)NCC)cc1. The second-order valence-corrected chi connectivity index (χ2v) is 6.05. The quantitative estimate of drug-likeness (QED) is 0.752. The molecule has 1 saturated carbocycles. The van der Waals surface area contributed by atoms with Crippen LogP contribution in [0.5, 0.6) is 5.75 Å². The van der Waals surface area contributed by atoms with E-state index in [1.54, 1.807) is 0 Å². The number of likely N-dealkylation sites (N-methyl/N-ethyl adjacent to an activating group) is 2. The fraction of sp³-hybridized carbons (Fsp3) is 0.667. The Morgan fingerprint density at radius 1 is 1.24 bits per heavy atom. The second kappa shape index (κ2) is 8.40. The molecule has 0 amide bonds. The van der Waals surface area contributed by atoms with Crippen molar-refractivity contribution in [2.24, 2.45) is 0 Å². The van der Waals surface area contributed by atoms with Crippen LogP contribution in [0.3, 0.4) is 0 Å². The molecule has 1 aliphatic rings. The molecule has 118 valence electrons. The molecule has 3 heteroatoms. The van der Waals surface area contributed by atoms with E-state index in [1.807, 2.05) is 0 Å². The maximum absolute atomic E-state index is 5.66. The zero-order valence-corrected chi connectivity index (χ0v) is 13.8.